The van der Waals surface area contributed by atoms with Gasteiger partial charge in [0.2, 0.25) is 0 Å². The van der Waals surface area contributed by atoms with Gasteiger partial charge in [0, 0.05) is 57.1 Å². The van der Waals surface area contributed by atoms with E-state index in [1.165, 1.54) is 165 Å². The average Bonchev–Trinajstić information content (AvgIpc) is 1.50. The Morgan fingerprint density at radius 2 is 0.714 bits per heavy atom. The summed E-state index contributed by atoms with van der Waals surface area (Å²) in [5.41, 5.74) is 19.0. The van der Waals surface area contributed by atoms with E-state index in [9.17, 15) is 20.1 Å². The van der Waals surface area contributed by atoms with Crippen LogP contribution in [0.1, 0.15) is 318 Å². The smallest absolute Gasteiger partial charge is 0.492 e. The van der Waals surface area contributed by atoms with Crippen LogP contribution in [-0.2, 0) is 36.5 Å². The van der Waals surface area contributed by atoms with Gasteiger partial charge in [-0.05, 0) is 214 Å². The fourth-order valence-corrected chi connectivity index (χ4v) is 24.6. The van der Waals surface area contributed by atoms with E-state index < -0.39 is 10.8 Å². The van der Waals surface area contributed by atoms with Crippen molar-refractivity contribution in [1.82, 2.24) is 0 Å². The quantitative estimate of drug-likeness (QED) is 0.0163. The van der Waals surface area contributed by atoms with Crippen molar-refractivity contribution in [1.29, 1.82) is 10.5 Å². The first-order valence-electron chi connectivity index (χ1n) is 46.9. The van der Waals surface area contributed by atoms with E-state index in [1.807, 2.05) is 71.2 Å². The second-order valence-electron chi connectivity index (χ2n) is 35.1. The van der Waals surface area contributed by atoms with Gasteiger partial charge in [0.05, 0.1) is 39.4 Å². The predicted octanol–water partition coefficient (Wildman–Crippen LogP) is 32.5. The second-order valence-corrected chi connectivity index (χ2v) is 39.4. The molecular formula is C114H118N4O4S4. The maximum atomic E-state index is 14.9. The molecule has 0 saturated carbocycles. The van der Waals surface area contributed by atoms with Crippen LogP contribution in [-0.4, -0.2) is 24.8 Å². The van der Waals surface area contributed by atoms with Gasteiger partial charge in [-0.25, -0.2) is 0 Å². The topological polar surface area (TPSA) is 109 Å². The molecule has 0 amide bonds. The van der Waals surface area contributed by atoms with Gasteiger partial charge < -0.3 is 9.47 Å². The number of ketones is 2. The number of carbonyl (C=O) groups excluding carboxylic acids is 2. The summed E-state index contributed by atoms with van der Waals surface area (Å²) in [5.74, 6) is 1.59. The highest BCUT2D eigenvalue weighted by atomic mass is 32.1. The van der Waals surface area contributed by atoms with Crippen LogP contribution in [0.4, 0.5) is 0 Å². The maximum Gasteiger partial charge on any atom is 0.528 e. The van der Waals surface area contributed by atoms with Crippen molar-refractivity contribution in [2.75, 3.05) is 13.2 Å². The van der Waals surface area contributed by atoms with E-state index in [0.717, 1.165) is 143 Å². The minimum absolute atomic E-state index is 0.0960. The van der Waals surface area contributed by atoms with Crippen molar-refractivity contribution >= 4 is 80.2 Å². The first-order valence-corrected chi connectivity index (χ1v) is 50.2. The largest absolute Gasteiger partial charge is 0.528 e. The summed E-state index contributed by atoms with van der Waals surface area (Å²) in [7, 11) is 0. The molecular weight excluding hydrogens is 1620 g/mol. The second kappa shape index (κ2) is 41.8. The molecule has 126 heavy (non-hydrogen) atoms. The molecule has 8 nitrogen and oxygen atoms in total. The lowest BCUT2D eigenvalue weighted by molar-refractivity contribution is 0.103. The van der Waals surface area contributed by atoms with Gasteiger partial charge in [0.25, 0.3) is 0 Å². The Morgan fingerprint density at radius 3 is 1.04 bits per heavy atom. The van der Waals surface area contributed by atoms with Crippen LogP contribution >= 0.6 is 45.3 Å². The first-order chi connectivity index (χ1) is 61.8. The minimum Gasteiger partial charge on any atom is -0.492 e. The Hall–Kier alpha value is -10.8. The van der Waals surface area contributed by atoms with Crippen molar-refractivity contribution < 1.29 is 19.1 Å². The van der Waals surface area contributed by atoms with Gasteiger partial charge in [-0.3, -0.25) is 9.59 Å². The molecule has 7 aromatic carbocycles. The Labute approximate surface area is 765 Å². The molecule has 0 N–H and O–H groups in total. The molecule has 4 aliphatic rings. The molecule has 11 aromatic rings. The van der Waals surface area contributed by atoms with Gasteiger partial charge in [-0.1, -0.05) is 317 Å². The Morgan fingerprint density at radius 1 is 0.381 bits per heavy atom. The maximum absolute atomic E-state index is 14.9. The highest BCUT2D eigenvalue weighted by Crippen LogP contribution is 2.67. The molecule has 4 aromatic heterocycles. The van der Waals surface area contributed by atoms with E-state index in [-0.39, 0.29) is 23.0 Å². The van der Waals surface area contributed by atoms with Crippen LogP contribution < -0.4 is 9.47 Å². The fraction of sp³-hybridized carbons (Fsp3) is 0.368. The number of unbranched alkanes of at least 4 members (excludes halogenated alkanes) is 14. The number of Topliss-reactive ketones (excluding diaryl/α,β-unsaturated/α-hetero) is 2. The van der Waals surface area contributed by atoms with Crippen LogP contribution in [0.15, 0.2) is 205 Å². The molecule has 2 atom stereocenters. The number of nitriles is 2. The number of benzene rings is 7. The van der Waals surface area contributed by atoms with Gasteiger partial charge in [0.1, 0.15) is 42.4 Å². The predicted molar refractivity (Wildman–Crippen MR) is 528 cm³/mol. The number of rotatable bonds is 42. The first kappa shape index (κ1) is 90.0. The lowest BCUT2D eigenvalue weighted by Gasteiger charge is -2.35. The van der Waals surface area contributed by atoms with Crippen LogP contribution in [0, 0.1) is 47.6 Å². The summed E-state index contributed by atoms with van der Waals surface area (Å²) in [6.07, 6.45) is 34.9. The standard InChI is InChI=1S/C114H118N4O4S4/c1-11-19-25-29-39-77-47-55-82(56-48-77)113(83-57-49-78(50-58-83)40-30-26-20-12-2)96-68-93-97(67-92(96)108-98(113)69-102(125-108)110-100(121-73-75(17-7)37-23-15-5)65-86(123-110)63-94-104(81(71-115)72-116)88-43-33-35-45-90(88)106(94)119)114(84-59-51-79(52-60-84)41-31-27-21-13-3,85-61-53-80(54-62-85)42-32-28-22-14-4)99-70-103(126-109(93)99)111-101(122-74-76(18-8)38-24-16-6)66-87(124-111)64-95-105(112(117-9)118-10)89-44-34-36-46-91(89)107(95)120/h33-36,43-70,75-76H,11-32,37-42,73-74H2,1-8H3/b94-63-,95-64-. The molecule has 0 saturated heterocycles. The number of hydrogen-bond donors (Lipinski definition) is 0. The third-order valence-electron chi connectivity index (χ3n) is 26.9. The van der Waals surface area contributed by atoms with Crippen molar-refractivity contribution in [2.45, 2.75) is 246 Å². The number of hydrogen-bond acceptors (Lipinski definition) is 10. The SMILES string of the molecule is [C-]#[N+]C([N+]#[C-])=C1/C(=C/c2cc(OCC(CC)CCCC)c(-c3cc4c(s3)-c3cc5c(cc3C4(c3ccc(CCCCCC)cc3)c3ccc(CCCCCC)cc3)-c3sc(-c4sc(/C=C6\C(=O)c7ccccc7C6=C(C#N)C#N)cc4OCC(CC)CCCC)cc3C5(c3ccc(CCCCCC)cc3)c3ccc(CCCCCC)cc3)s2)C(=O)c2ccccc21. The lowest BCUT2D eigenvalue weighted by Crippen LogP contribution is -2.30. The number of thiophene rings is 4. The highest BCUT2D eigenvalue weighted by Gasteiger charge is 2.54. The van der Waals surface area contributed by atoms with Crippen molar-refractivity contribution in [3.8, 4) is 64.0 Å². The molecule has 0 fully saturated rings. The van der Waals surface area contributed by atoms with Crippen LogP contribution in [0.3, 0.4) is 0 Å². The number of aryl methyl sites for hydroxylation is 4. The van der Waals surface area contributed by atoms with Gasteiger partial charge in [-0.2, -0.15) is 20.2 Å². The summed E-state index contributed by atoms with van der Waals surface area (Å²) in [4.78, 5) is 45.2. The molecule has 0 aliphatic heterocycles. The molecule has 12 heteroatoms. The van der Waals surface area contributed by atoms with E-state index >= 15 is 0 Å². The molecule has 15 rings (SSSR count). The van der Waals surface area contributed by atoms with E-state index in [2.05, 4.69) is 211 Å². The molecule has 642 valence electrons. The van der Waals surface area contributed by atoms with Crippen molar-refractivity contribution in [3.05, 3.63) is 326 Å². The Bertz CT molecular complexity index is 5560. The number of nitrogens with zero attached hydrogens (tertiary/aromatic N) is 4. The molecule has 0 bridgehead atoms. The van der Waals surface area contributed by atoms with Crippen LogP contribution in [0.2, 0.25) is 0 Å². The van der Waals surface area contributed by atoms with Crippen LogP contribution in [0.25, 0.3) is 73.4 Å². The number of carbonyl (C=O) groups is 2. The zero-order valence-electron chi connectivity index (χ0n) is 74.9. The van der Waals surface area contributed by atoms with E-state index in [1.54, 1.807) is 34.8 Å². The third kappa shape index (κ3) is 18.0. The van der Waals surface area contributed by atoms with Crippen molar-refractivity contribution in [2.24, 2.45) is 11.8 Å². The molecule has 4 aliphatic carbocycles. The summed E-state index contributed by atoms with van der Waals surface area (Å²) >= 11 is 6.88. The zero-order valence-corrected chi connectivity index (χ0v) is 78.2. The molecule has 0 spiro atoms. The van der Waals surface area contributed by atoms with E-state index in [4.69, 9.17) is 22.6 Å². The Balaban J connectivity index is 1.02. The summed E-state index contributed by atoms with van der Waals surface area (Å²) in [6, 6.07) is 72.4. The minimum atomic E-state index is -0.876. The summed E-state index contributed by atoms with van der Waals surface area (Å²) in [6.45, 7) is 35.7. The zero-order chi connectivity index (χ0) is 87.9. The van der Waals surface area contributed by atoms with Crippen LogP contribution in [0.5, 0.6) is 11.5 Å². The van der Waals surface area contributed by atoms with Gasteiger partial charge in [-0.15, -0.1) is 45.3 Å². The van der Waals surface area contributed by atoms with Gasteiger partial charge in [0.15, 0.2) is 11.6 Å². The summed E-state index contributed by atoms with van der Waals surface area (Å²) in [5, 5.41) is 21.2. The highest BCUT2D eigenvalue weighted by molar-refractivity contribution is 7.25. The molecule has 4 heterocycles. The number of ether oxygens (including phenoxy) is 2. The normalized spacial score (nSPS) is 14.7. The van der Waals surface area contributed by atoms with Crippen molar-refractivity contribution in [3.63, 3.8) is 0 Å². The fourth-order valence-electron chi connectivity index (χ4n) is 19.8. The van der Waals surface area contributed by atoms with E-state index in [0.29, 0.717) is 69.6 Å². The average molecular weight is 1740 g/mol. The third-order valence-corrected chi connectivity index (χ3v) is 31.7. The number of allylic oxidation sites excluding steroid dienone is 5. The summed E-state index contributed by atoms with van der Waals surface area (Å²) < 4.78 is 14.6. The monoisotopic (exact) mass is 1730 g/mol. The Kier molecular flexibility index (Phi) is 29.8. The molecule has 2 unspecified atom stereocenters. The molecule has 0 radical (unpaired) electrons. The number of fused-ring (bicyclic) bond motifs is 8. The van der Waals surface area contributed by atoms with Gasteiger partial charge >= 0.3 is 5.82 Å². The lowest BCUT2D eigenvalue weighted by atomic mass is 9.65.